The summed E-state index contributed by atoms with van der Waals surface area (Å²) in [4.78, 5) is 2.36. The van der Waals surface area contributed by atoms with Crippen LogP contribution in [0, 0.1) is 6.92 Å². The van der Waals surface area contributed by atoms with E-state index >= 15 is 0 Å². The smallest absolute Gasteiger partial charge is 0.368 e. The summed E-state index contributed by atoms with van der Waals surface area (Å²) < 4.78 is 8.65. The molecule has 1 aromatic carbocycles. The van der Waals surface area contributed by atoms with Crippen molar-refractivity contribution < 1.29 is 4.42 Å². The lowest BCUT2D eigenvalue weighted by atomic mass is 10.1. The van der Waals surface area contributed by atoms with Crippen LogP contribution in [0.1, 0.15) is 38.7 Å². The van der Waals surface area contributed by atoms with Gasteiger partial charge < -0.3 is 9.32 Å². The minimum Gasteiger partial charge on any atom is -0.405 e. The van der Waals surface area contributed by atoms with Crippen LogP contribution in [0.5, 0.6) is 0 Å². The maximum absolute atomic E-state index is 6.26. The van der Waals surface area contributed by atoms with Gasteiger partial charge in [-0.2, -0.15) is 4.58 Å². The van der Waals surface area contributed by atoms with Crippen LogP contribution in [0.15, 0.2) is 28.7 Å². The summed E-state index contributed by atoms with van der Waals surface area (Å²) in [6.07, 6.45) is 3.88. The number of piperidine rings is 1. The van der Waals surface area contributed by atoms with Gasteiger partial charge in [0.2, 0.25) is 0 Å². The molecular formula is C19H27N2O+. The van der Waals surface area contributed by atoms with Gasteiger partial charge in [0.05, 0.1) is 6.07 Å². The maximum Gasteiger partial charge on any atom is 0.368 e. The lowest BCUT2D eigenvalue weighted by molar-refractivity contribution is 0.387. The molecule has 1 aliphatic rings. The average Bonchev–Trinajstić information content (AvgIpc) is 2.56. The standard InChI is InChI=1S/C19H27N2O/c1-4-20(5-2)16-9-10-17-15(3)13-19(22-18(17)14-16)21-11-7-6-8-12-21/h9-10,13-14H,4-8,11-12H2,1-3H3/q+1. The lowest BCUT2D eigenvalue weighted by Gasteiger charge is -2.21. The van der Waals surface area contributed by atoms with Crippen LogP contribution >= 0.6 is 0 Å². The molecule has 118 valence electrons. The van der Waals surface area contributed by atoms with Crippen LogP contribution in [0.4, 0.5) is 5.69 Å². The van der Waals surface area contributed by atoms with Gasteiger partial charge in [-0.3, -0.25) is 0 Å². The molecule has 0 amide bonds. The topological polar surface area (TPSA) is 19.4 Å². The molecule has 22 heavy (non-hydrogen) atoms. The fourth-order valence-corrected chi connectivity index (χ4v) is 3.38. The Labute approximate surface area is 132 Å². The Kier molecular flexibility index (Phi) is 4.51. The molecule has 3 rings (SSSR count). The SMILES string of the molecule is CCN(CC)c1ccc2c(C)cc(=[N+]3CCCCC3)oc2c1. The molecule has 0 spiro atoms. The first kappa shape index (κ1) is 15.1. The second-order valence-electron chi connectivity index (χ2n) is 6.17. The minimum atomic E-state index is 1.00. The van der Waals surface area contributed by atoms with Crippen molar-refractivity contribution in [1.29, 1.82) is 0 Å². The van der Waals surface area contributed by atoms with E-state index in [1.54, 1.807) is 0 Å². The predicted octanol–water partition coefficient (Wildman–Crippen LogP) is 3.54. The second kappa shape index (κ2) is 6.55. The van der Waals surface area contributed by atoms with Crippen LogP contribution in [-0.2, 0) is 0 Å². The quantitative estimate of drug-likeness (QED) is 0.808. The molecule has 1 fully saturated rings. The first-order valence-corrected chi connectivity index (χ1v) is 8.60. The first-order chi connectivity index (χ1) is 10.7. The molecule has 0 unspecified atom stereocenters. The highest BCUT2D eigenvalue weighted by Crippen LogP contribution is 2.23. The highest BCUT2D eigenvalue weighted by Gasteiger charge is 2.15. The van der Waals surface area contributed by atoms with E-state index in [-0.39, 0.29) is 0 Å². The Morgan fingerprint density at radius 3 is 2.45 bits per heavy atom. The van der Waals surface area contributed by atoms with E-state index in [0.717, 1.165) is 37.3 Å². The molecule has 0 N–H and O–H groups in total. The number of hydrogen-bond donors (Lipinski definition) is 0. The summed E-state index contributed by atoms with van der Waals surface area (Å²) in [6, 6.07) is 8.80. The van der Waals surface area contributed by atoms with Gasteiger partial charge in [-0.15, -0.1) is 0 Å². The molecule has 0 aliphatic carbocycles. The van der Waals surface area contributed by atoms with Crippen molar-refractivity contribution in [2.45, 2.75) is 40.0 Å². The summed E-state index contributed by atoms with van der Waals surface area (Å²) in [6.45, 7) is 10.8. The third kappa shape index (κ3) is 2.90. The van der Waals surface area contributed by atoms with E-state index < -0.39 is 0 Å². The van der Waals surface area contributed by atoms with E-state index in [1.807, 2.05) is 0 Å². The van der Waals surface area contributed by atoms with Crippen molar-refractivity contribution in [2.75, 3.05) is 31.1 Å². The fraction of sp³-hybridized carbons (Fsp3) is 0.526. The molecule has 3 heteroatoms. The van der Waals surface area contributed by atoms with Crippen LogP contribution in [0.2, 0.25) is 0 Å². The van der Waals surface area contributed by atoms with Gasteiger partial charge in [0.1, 0.15) is 18.7 Å². The minimum absolute atomic E-state index is 1.00. The van der Waals surface area contributed by atoms with Gasteiger partial charge >= 0.3 is 5.55 Å². The summed E-state index contributed by atoms with van der Waals surface area (Å²) in [7, 11) is 0. The number of anilines is 1. The zero-order valence-electron chi connectivity index (χ0n) is 14.1. The number of aryl methyl sites for hydroxylation is 1. The Morgan fingerprint density at radius 2 is 1.77 bits per heavy atom. The molecule has 2 aromatic rings. The van der Waals surface area contributed by atoms with Crippen LogP contribution in [0.3, 0.4) is 0 Å². The van der Waals surface area contributed by atoms with Crippen molar-refractivity contribution in [3.8, 4) is 0 Å². The summed E-state index contributed by atoms with van der Waals surface area (Å²) in [5.41, 5.74) is 4.58. The van der Waals surface area contributed by atoms with E-state index in [4.69, 9.17) is 4.42 Å². The lowest BCUT2D eigenvalue weighted by Crippen LogP contribution is -2.34. The van der Waals surface area contributed by atoms with Crippen LogP contribution in [0.25, 0.3) is 11.0 Å². The van der Waals surface area contributed by atoms with Crippen molar-refractivity contribution in [3.05, 3.63) is 35.4 Å². The molecule has 2 heterocycles. The summed E-state index contributed by atoms with van der Waals surface area (Å²) >= 11 is 0. The van der Waals surface area contributed by atoms with Crippen molar-refractivity contribution >= 4 is 16.7 Å². The van der Waals surface area contributed by atoms with E-state index in [1.165, 1.54) is 35.9 Å². The molecule has 0 bridgehead atoms. The Bertz CT molecular complexity index is 718. The predicted molar refractivity (Wildman–Crippen MR) is 93.4 cm³/mol. The van der Waals surface area contributed by atoms with E-state index in [9.17, 15) is 0 Å². The van der Waals surface area contributed by atoms with Crippen molar-refractivity contribution in [1.82, 2.24) is 4.58 Å². The van der Waals surface area contributed by atoms with Crippen LogP contribution < -0.4 is 15.0 Å². The number of benzene rings is 1. The number of rotatable bonds is 3. The molecule has 0 atom stereocenters. The van der Waals surface area contributed by atoms with E-state index in [2.05, 4.69) is 54.5 Å². The molecular weight excluding hydrogens is 272 g/mol. The zero-order chi connectivity index (χ0) is 15.5. The molecule has 1 aromatic heterocycles. The molecule has 3 nitrogen and oxygen atoms in total. The van der Waals surface area contributed by atoms with Gasteiger partial charge in [0.25, 0.3) is 0 Å². The van der Waals surface area contributed by atoms with Gasteiger partial charge in [-0.05, 0) is 44.9 Å². The van der Waals surface area contributed by atoms with Crippen LogP contribution in [-0.4, -0.2) is 26.2 Å². The van der Waals surface area contributed by atoms with Gasteiger partial charge in [0.15, 0.2) is 0 Å². The first-order valence-electron chi connectivity index (χ1n) is 8.60. The van der Waals surface area contributed by atoms with Crippen molar-refractivity contribution in [3.63, 3.8) is 0 Å². The molecule has 1 saturated heterocycles. The monoisotopic (exact) mass is 299 g/mol. The second-order valence-corrected chi connectivity index (χ2v) is 6.17. The summed E-state index contributed by atoms with van der Waals surface area (Å²) in [5.74, 6) is 0. The Balaban J connectivity index is 2.14. The van der Waals surface area contributed by atoms with Gasteiger partial charge in [0, 0.05) is 43.1 Å². The zero-order valence-corrected chi connectivity index (χ0v) is 14.1. The average molecular weight is 299 g/mol. The third-order valence-corrected chi connectivity index (χ3v) is 4.74. The largest absolute Gasteiger partial charge is 0.405 e. The van der Waals surface area contributed by atoms with E-state index in [0.29, 0.717) is 0 Å². The number of hydrogen-bond acceptors (Lipinski definition) is 2. The maximum atomic E-state index is 6.26. The fourth-order valence-electron chi connectivity index (χ4n) is 3.38. The van der Waals surface area contributed by atoms with Crippen molar-refractivity contribution in [2.24, 2.45) is 0 Å². The molecule has 0 saturated carbocycles. The van der Waals surface area contributed by atoms with Gasteiger partial charge in [-0.1, -0.05) is 0 Å². The molecule has 1 aliphatic heterocycles. The van der Waals surface area contributed by atoms with Gasteiger partial charge in [-0.25, -0.2) is 0 Å². The highest BCUT2D eigenvalue weighted by atomic mass is 16.3. The summed E-state index contributed by atoms with van der Waals surface area (Å²) in [5, 5.41) is 1.22. The Morgan fingerprint density at radius 1 is 1.05 bits per heavy atom. The highest BCUT2D eigenvalue weighted by molar-refractivity contribution is 5.83. The number of nitrogens with zero attached hydrogens (tertiary/aromatic N) is 2. The molecule has 0 radical (unpaired) electrons. The number of fused-ring (bicyclic) bond motifs is 1. The normalized spacial score (nSPS) is 15.3. The Hall–Kier alpha value is -1.77. The third-order valence-electron chi connectivity index (χ3n) is 4.74.